The molecule has 0 aliphatic heterocycles. The molecule has 0 fully saturated rings. The summed E-state index contributed by atoms with van der Waals surface area (Å²) in [6.45, 7) is 1.83. The van der Waals surface area contributed by atoms with E-state index in [1.54, 1.807) is 38.5 Å². The first-order valence-corrected chi connectivity index (χ1v) is 6.46. The highest BCUT2D eigenvalue weighted by molar-refractivity contribution is 5.92. The predicted octanol–water partition coefficient (Wildman–Crippen LogP) is 1.60. The number of ether oxygens (including phenoxy) is 2. The van der Waals surface area contributed by atoms with Gasteiger partial charge in [-0.3, -0.25) is 4.79 Å². The van der Waals surface area contributed by atoms with Crippen LogP contribution in [0.3, 0.4) is 0 Å². The van der Waals surface area contributed by atoms with Crippen LogP contribution in [-0.2, 0) is 4.79 Å². The van der Waals surface area contributed by atoms with Gasteiger partial charge < -0.3 is 19.9 Å². The second kappa shape index (κ2) is 8.22. The molecule has 1 aromatic rings. The second-order valence-corrected chi connectivity index (χ2v) is 4.24. The van der Waals surface area contributed by atoms with Crippen LogP contribution in [0.15, 0.2) is 24.3 Å². The molecule has 1 rings (SSSR count). The Hall–Kier alpha value is -2.01. The topological polar surface area (TPSA) is 67.8 Å². The maximum absolute atomic E-state index is 11.7. The van der Waals surface area contributed by atoms with Gasteiger partial charge in [0.1, 0.15) is 11.5 Å². The lowest BCUT2D eigenvalue weighted by Gasteiger charge is -2.12. The first kappa shape index (κ1) is 16.0. The molecule has 0 aliphatic rings. The highest BCUT2D eigenvalue weighted by Gasteiger charge is 2.07. The van der Waals surface area contributed by atoms with Crippen LogP contribution in [0.25, 0.3) is 6.08 Å². The molecule has 20 heavy (non-hydrogen) atoms. The van der Waals surface area contributed by atoms with Gasteiger partial charge in [0.05, 0.1) is 26.9 Å². The zero-order chi connectivity index (χ0) is 15.0. The fourth-order valence-electron chi connectivity index (χ4n) is 1.66. The highest BCUT2D eigenvalue weighted by atomic mass is 16.5. The molecule has 0 spiro atoms. The fourth-order valence-corrected chi connectivity index (χ4v) is 1.66. The van der Waals surface area contributed by atoms with E-state index in [0.717, 1.165) is 5.56 Å². The number of nitrogens with one attached hydrogen (secondary N) is 1. The number of carbonyl (C=O) groups is 1. The second-order valence-electron chi connectivity index (χ2n) is 4.24. The number of methoxy groups -OCH3 is 2. The van der Waals surface area contributed by atoms with Crippen molar-refractivity contribution in [2.75, 3.05) is 20.8 Å². The lowest BCUT2D eigenvalue weighted by molar-refractivity contribution is -0.117. The molecule has 0 radical (unpaired) electrons. The van der Waals surface area contributed by atoms with Crippen LogP contribution in [0.2, 0.25) is 0 Å². The van der Waals surface area contributed by atoms with E-state index in [1.165, 1.54) is 6.08 Å². The van der Waals surface area contributed by atoms with Crippen molar-refractivity contribution in [3.8, 4) is 11.5 Å². The van der Waals surface area contributed by atoms with Gasteiger partial charge >= 0.3 is 0 Å². The Morgan fingerprint density at radius 3 is 2.70 bits per heavy atom. The summed E-state index contributed by atoms with van der Waals surface area (Å²) in [7, 11) is 3.15. The molecule has 0 aromatic heterocycles. The summed E-state index contributed by atoms with van der Waals surface area (Å²) in [4.78, 5) is 11.7. The normalized spacial score (nSPS) is 12.2. The van der Waals surface area contributed by atoms with E-state index in [2.05, 4.69) is 5.32 Å². The zero-order valence-corrected chi connectivity index (χ0v) is 12.1. The molecule has 1 amide bonds. The number of aliphatic hydroxyl groups excluding tert-OH is 1. The Bertz CT molecular complexity index is 467. The van der Waals surface area contributed by atoms with Crippen molar-refractivity contribution < 1.29 is 19.4 Å². The van der Waals surface area contributed by atoms with Crippen molar-refractivity contribution >= 4 is 12.0 Å². The number of hydrogen-bond acceptors (Lipinski definition) is 4. The van der Waals surface area contributed by atoms with E-state index >= 15 is 0 Å². The monoisotopic (exact) mass is 279 g/mol. The molecule has 1 aromatic carbocycles. The number of aliphatic hydroxyl groups is 1. The smallest absolute Gasteiger partial charge is 0.244 e. The first-order chi connectivity index (χ1) is 9.64. The number of benzene rings is 1. The molecule has 0 saturated carbocycles. The van der Waals surface area contributed by atoms with Crippen LogP contribution in [-0.4, -0.2) is 37.9 Å². The van der Waals surface area contributed by atoms with Gasteiger partial charge in [-0.25, -0.2) is 0 Å². The molecule has 0 aliphatic carbocycles. The van der Waals surface area contributed by atoms with Crippen LogP contribution >= 0.6 is 0 Å². The van der Waals surface area contributed by atoms with Crippen molar-refractivity contribution in [2.45, 2.75) is 19.4 Å². The van der Waals surface area contributed by atoms with Crippen LogP contribution in [0.1, 0.15) is 18.9 Å². The minimum Gasteiger partial charge on any atom is -0.497 e. The number of carbonyl (C=O) groups excluding carboxylic acids is 1. The van der Waals surface area contributed by atoms with Gasteiger partial charge in [0, 0.05) is 11.6 Å². The van der Waals surface area contributed by atoms with Crippen molar-refractivity contribution in [1.82, 2.24) is 5.32 Å². The van der Waals surface area contributed by atoms with E-state index in [4.69, 9.17) is 14.6 Å². The molecule has 0 bridgehead atoms. The van der Waals surface area contributed by atoms with Gasteiger partial charge in [0.25, 0.3) is 0 Å². The largest absolute Gasteiger partial charge is 0.497 e. The Balaban J connectivity index is 2.80. The molecule has 0 saturated heterocycles. The highest BCUT2D eigenvalue weighted by Crippen LogP contribution is 2.24. The van der Waals surface area contributed by atoms with E-state index in [-0.39, 0.29) is 18.6 Å². The first-order valence-electron chi connectivity index (χ1n) is 6.46. The standard InChI is InChI=1S/C15H21NO4/c1-4-12(10-17)16-15(18)8-5-11-9-13(19-2)6-7-14(11)20-3/h5-9,12,17H,4,10H2,1-3H3,(H,16,18)/b8-5-/t12-/m1/s1. The number of amides is 1. The molecule has 1 atom stereocenters. The third-order valence-electron chi connectivity index (χ3n) is 2.91. The van der Waals surface area contributed by atoms with Crippen LogP contribution < -0.4 is 14.8 Å². The lowest BCUT2D eigenvalue weighted by atomic mass is 10.1. The van der Waals surface area contributed by atoms with Gasteiger partial charge in [-0.15, -0.1) is 0 Å². The minimum absolute atomic E-state index is 0.0709. The van der Waals surface area contributed by atoms with E-state index in [9.17, 15) is 4.79 Å². The summed E-state index contributed by atoms with van der Waals surface area (Å²) in [6, 6.07) is 5.12. The quantitative estimate of drug-likeness (QED) is 0.744. The van der Waals surface area contributed by atoms with E-state index in [1.807, 2.05) is 6.92 Å². The van der Waals surface area contributed by atoms with Gasteiger partial charge in [0.15, 0.2) is 0 Å². The molecule has 110 valence electrons. The maximum Gasteiger partial charge on any atom is 0.244 e. The van der Waals surface area contributed by atoms with Crippen molar-refractivity contribution in [3.63, 3.8) is 0 Å². The third-order valence-corrected chi connectivity index (χ3v) is 2.91. The molecule has 5 nitrogen and oxygen atoms in total. The van der Waals surface area contributed by atoms with Crippen molar-refractivity contribution in [2.24, 2.45) is 0 Å². The minimum atomic E-state index is -0.254. The van der Waals surface area contributed by atoms with Gasteiger partial charge in [0.2, 0.25) is 5.91 Å². The molecule has 2 N–H and O–H groups in total. The summed E-state index contributed by atoms with van der Waals surface area (Å²) < 4.78 is 10.4. The van der Waals surface area contributed by atoms with Crippen LogP contribution in [0, 0.1) is 0 Å². The average Bonchev–Trinajstić information content (AvgIpc) is 2.50. The molecular weight excluding hydrogens is 258 g/mol. The Kier molecular flexibility index (Phi) is 6.59. The predicted molar refractivity (Wildman–Crippen MR) is 77.9 cm³/mol. The lowest BCUT2D eigenvalue weighted by Crippen LogP contribution is -2.35. The molecule has 0 heterocycles. The molecular formula is C15H21NO4. The van der Waals surface area contributed by atoms with Gasteiger partial charge in [-0.05, 0) is 30.7 Å². The Morgan fingerprint density at radius 1 is 1.40 bits per heavy atom. The number of hydrogen-bond donors (Lipinski definition) is 2. The molecule has 0 unspecified atom stereocenters. The average molecular weight is 279 g/mol. The molecule has 5 heteroatoms. The van der Waals surface area contributed by atoms with Crippen molar-refractivity contribution in [1.29, 1.82) is 0 Å². The van der Waals surface area contributed by atoms with Crippen LogP contribution in [0.4, 0.5) is 0 Å². The zero-order valence-electron chi connectivity index (χ0n) is 12.1. The van der Waals surface area contributed by atoms with Crippen LogP contribution in [0.5, 0.6) is 11.5 Å². The SMILES string of the molecule is CC[C@H](CO)NC(=O)/C=C\c1cc(OC)ccc1OC. The summed E-state index contributed by atoms with van der Waals surface area (Å²) in [5, 5.41) is 11.7. The summed E-state index contributed by atoms with van der Waals surface area (Å²) in [5.41, 5.74) is 0.749. The van der Waals surface area contributed by atoms with Crippen molar-refractivity contribution in [3.05, 3.63) is 29.8 Å². The van der Waals surface area contributed by atoms with E-state index < -0.39 is 0 Å². The third kappa shape index (κ3) is 4.59. The van der Waals surface area contributed by atoms with Gasteiger partial charge in [-0.1, -0.05) is 6.92 Å². The summed E-state index contributed by atoms with van der Waals surface area (Å²) in [5.74, 6) is 1.09. The fraction of sp³-hybridized carbons (Fsp3) is 0.400. The van der Waals surface area contributed by atoms with Gasteiger partial charge in [-0.2, -0.15) is 0 Å². The number of rotatable bonds is 7. The maximum atomic E-state index is 11.7. The Morgan fingerprint density at radius 2 is 2.15 bits per heavy atom. The van der Waals surface area contributed by atoms with E-state index in [0.29, 0.717) is 17.9 Å². The summed E-state index contributed by atoms with van der Waals surface area (Å²) in [6.07, 6.45) is 3.74. The Labute approximate surface area is 119 Å². The summed E-state index contributed by atoms with van der Waals surface area (Å²) >= 11 is 0.